The predicted octanol–water partition coefficient (Wildman–Crippen LogP) is 2.36. The van der Waals surface area contributed by atoms with Crippen molar-refractivity contribution in [3.8, 4) is 0 Å². The molecule has 0 bridgehead atoms. The van der Waals surface area contributed by atoms with Crippen LogP contribution >= 0.6 is 0 Å². The third kappa shape index (κ3) is 5.70. The molecule has 0 aliphatic carbocycles. The SMILES string of the molecule is COC(=O)CCCCC(=O)Nc1ccccc1. The van der Waals surface area contributed by atoms with E-state index in [-0.39, 0.29) is 11.9 Å². The topological polar surface area (TPSA) is 55.4 Å². The van der Waals surface area contributed by atoms with E-state index in [1.54, 1.807) is 0 Å². The van der Waals surface area contributed by atoms with Crippen molar-refractivity contribution in [2.24, 2.45) is 0 Å². The normalized spacial score (nSPS) is 9.71. The molecule has 1 amide bonds. The fraction of sp³-hybridized carbons (Fsp3) is 0.385. The molecule has 17 heavy (non-hydrogen) atoms. The van der Waals surface area contributed by atoms with Crippen LogP contribution in [0.2, 0.25) is 0 Å². The molecule has 0 aliphatic heterocycles. The molecule has 1 aromatic rings. The highest BCUT2D eigenvalue weighted by Crippen LogP contribution is 2.07. The first-order valence-corrected chi connectivity index (χ1v) is 5.64. The number of hydrogen-bond donors (Lipinski definition) is 1. The van der Waals surface area contributed by atoms with E-state index in [1.165, 1.54) is 7.11 Å². The second-order valence-corrected chi connectivity index (χ2v) is 3.70. The lowest BCUT2D eigenvalue weighted by atomic mass is 10.2. The number of nitrogens with one attached hydrogen (secondary N) is 1. The van der Waals surface area contributed by atoms with E-state index in [1.807, 2.05) is 30.3 Å². The van der Waals surface area contributed by atoms with Gasteiger partial charge >= 0.3 is 5.97 Å². The number of amides is 1. The van der Waals surface area contributed by atoms with Crippen molar-refractivity contribution in [3.05, 3.63) is 30.3 Å². The first-order chi connectivity index (χ1) is 8.22. The molecule has 1 rings (SSSR count). The van der Waals surface area contributed by atoms with Gasteiger partial charge < -0.3 is 10.1 Å². The summed E-state index contributed by atoms with van der Waals surface area (Å²) in [5.74, 6) is -0.255. The van der Waals surface area contributed by atoms with Crippen LogP contribution in [0.1, 0.15) is 25.7 Å². The standard InChI is InChI=1S/C13H17NO3/c1-17-13(16)10-6-5-9-12(15)14-11-7-3-2-4-8-11/h2-4,7-8H,5-6,9-10H2,1H3,(H,14,15). The van der Waals surface area contributed by atoms with E-state index in [0.29, 0.717) is 25.7 Å². The minimum atomic E-state index is -0.228. The van der Waals surface area contributed by atoms with Gasteiger partial charge in [-0.15, -0.1) is 0 Å². The van der Waals surface area contributed by atoms with Crippen LogP contribution in [0.4, 0.5) is 5.69 Å². The maximum atomic E-state index is 11.5. The number of benzene rings is 1. The molecule has 0 aliphatic rings. The molecular formula is C13H17NO3. The molecule has 0 radical (unpaired) electrons. The van der Waals surface area contributed by atoms with Gasteiger partial charge in [0, 0.05) is 18.5 Å². The summed E-state index contributed by atoms with van der Waals surface area (Å²) in [5.41, 5.74) is 0.797. The first kappa shape index (κ1) is 13.2. The predicted molar refractivity (Wildman–Crippen MR) is 65.6 cm³/mol. The molecular weight excluding hydrogens is 218 g/mol. The number of anilines is 1. The minimum absolute atomic E-state index is 0.0268. The van der Waals surface area contributed by atoms with Gasteiger partial charge in [0.1, 0.15) is 0 Å². The number of carbonyl (C=O) groups is 2. The maximum absolute atomic E-state index is 11.5. The number of methoxy groups -OCH3 is 1. The van der Waals surface area contributed by atoms with Crippen LogP contribution in [0.3, 0.4) is 0 Å². The second-order valence-electron chi connectivity index (χ2n) is 3.70. The molecule has 1 N–H and O–H groups in total. The zero-order valence-corrected chi connectivity index (χ0v) is 9.94. The quantitative estimate of drug-likeness (QED) is 0.608. The molecule has 1 aromatic carbocycles. The summed E-state index contributed by atoms with van der Waals surface area (Å²) >= 11 is 0. The third-order valence-corrected chi connectivity index (χ3v) is 2.32. The number of hydrogen-bond acceptors (Lipinski definition) is 3. The van der Waals surface area contributed by atoms with Crippen molar-refractivity contribution in [2.45, 2.75) is 25.7 Å². The Bertz CT molecular complexity index is 362. The lowest BCUT2D eigenvalue weighted by Gasteiger charge is -2.04. The van der Waals surface area contributed by atoms with Gasteiger partial charge in [-0.2, -0.15) is 0 Å². The van der Waals surface area contributed by atoms with Crippen LogP contribution in [0.15, 0.2) is 30.3 Å². The van der Waals surface area contributed by atoms with Gasteiger partial charge in [-0.3, -0.25) is 9.59 Å². The zero-order valence-electron chi connectivity index (χ0n) is 9.94. The monoisotopic (exact) mass is 235 g/mol. The van der Waals surface area contributed by atoms with Gasteiger partial charge in [0.2, 0.25) is 5.91 Å². The number of para-hydroxylation sites is 1. The van der Waals surface area contributed by atoms with Crippen LogP contribution in [-0.2, 0) is 14.3 Å². The minimum Gasteiger partial charge on any atom is -0.469 e. The summed E-state index contributed by atoms with van der Waals surface area (Å²) in [5, 5.41) is 2.79. The zero-order chi connectivity index (χ0) is 12.5. The lowest BCUT2D eigenvalue weighted by molar-refractivity contribution is -0.140. The Morgan fingerprint density at radius 3 is 2.41 bits per heavy atom. The van der Waals surface area contributed by atoms with Gasteiger partial charge in [-0.25, -0.2) is 0 Å². The van der Waals surface area contributed by atoms with Crippen LogP contribution in [-0.4, -0.2) is 19.0 Å². The molecule has 0 spiro atoms. The van der Waals surface area contributed by atoms with E-state index in [9.17, 15) is 9.59 Å². The number of carbonyl (C=O) groups excluding carboxylic acids is 2. The van der Waals surface area contributed by atoms with Gasteiger partial charge in [0.25, 0.3) is 0 Å². The molecule has 0 fully saturated rings. The van der Waals surface area contributed by atoms with Crippen molar-refractivity contribution in [1.29, 1.82) is 0 Å². The Labute approximate surface area is 101 Å². The van der Waals surface area contributed by atoms with E-state index in [4.69, 9.17) is 0 Å². The molecule has 0 saturated heterocycles. The molecule has 0 heterocycles. The van der Waals surface area contributed by atoms with Gasteiger partial charge in [0.05, 0.1) is 7.11 Å². The van der Waals surface area contributed by atoms with Crippen molar-refractivity contribution in [2.75, 3.05) is 12.4 Å². The van der Waals surface area contributed by atoms with E-state index in [0.717, 1.165) is 5.69 Å². The molecule has 4 heteroatoms. The number of rotatable bonds is 6. The Hall–Kier alpha value is -1.84. The largest absolute Gasteiger partial charge is 0.469 e. The van der Waals surface area contributed by atoms with Crippen LogP contribution in [0.25, 0.3) is 0 Å². The van der Waals surface area contributed by atoms with Gasteiger partial charge in [0.15, 0.2) is 0 Å². The van der Waals surface area contributed by atoms with Crippen LogP contribution in [0, 0.1) is 0 Å². The van der Waals surface area contributed by atoms with Gasteiger partial charge in [-0.1, -0.05) is 18.2 Å². The Morgan fingerprint density at radius 1 is 1.12 bits per heavy atom. The summed E-state index contributed by atoms with van der Waals surface area (Å²) in [4.78, 5) is 22.3. The molecule has 0 atom stereocenters. The van der Waals surface area contributed by atoms with Crippen LogP contribution < -0.4 is 5.32 Å². The first-order valence-electron chi connectivity index (χ1n) is 5.64. The fourth-order valence-electron chi connectivity index (χ4n) is 1.40. The van der Waals surface area contributed by atoms with E-state index < -0.39 is 0 Å². The van der Waals surface area contributed by atoms with Crippen molar-refractivity contribution < 1.29 is 14.3 Å². The van der Waals surface area contributed by atoms with E-state index in [2.05, 4.69) is 10.1 Å². The van der Waals surface area contributed by atoms with Crippen molar-refractivity contribution >= 4 is 17.6 Å². The highest BCUT2D eigenvalue weighted by molar-refractivity contribution is 5.90. The summed E-state index contributed by atoms with van der Waals surface area (Å²) in [7, 11) is 1.37. The van der Waals surface area contributed by atoms with E-state index >= 15 is 0 Å². The number of unbranched alkanes of at least 4 members (excludes halogenated alkanes) is 1. The molecule has 0 unspecified atom stereocenters. The molecule has 0 saturated carbocycles. The summed E-state index contributed by atoms with van der Waals surface area (Å²) in [6.45, 7) is 0. The smallest absolute Gasteiger partial charge is 0.305 e. The average molecular weight is 235 g/mol. The van der Waals surface area contributed by atoms with Crippen molar-refractivity contribution in [3.63, 3.8) is 0 Å². The molecule has 92 valence electrons. The summed E-state index contributed by atoms with van der Waals surface area (Å²) < 4.78 is 4.51. The summed E-state index contributed by atoms with van der Waals surface area (Å²) in [6.07, 6.45) is 2.16. The Morgan fingerprint density at radius 2 is 1.76 bits per heavy atom. The Kier molecular flexibility index (Phi) is 5.79. The average Bonchev–Trinajstić information content (AvgIpc) is 2.35. The maximum Gasteiger partial charge on any atom is 0.305 e. The summed E-state index contributed by atoms with van der Waals surface area (Å²) in [6, 6.07) is 9.31. The second kappa shape index (κ2) is 7.44. The molecule has 0 aromatic heterocycles. The fourth-order valence-corrected chi connectivity index (χ4v) is 1.40. The number of esters is 1. The van der Waals surface area contributed by atoms with Crippen LogP contribution in [0.5, 0.6) is 0 Å². The lowest BCUT2D eigenvalue weighted by Crippen LogP contribution is -2.11. The molecule has 4 nitrogen and oxygen atoms in total. The van der Waals surface area contributed by atoms with Crippen molar-refractivity contribution in [1.82, 2.24) is 0 Å². The Balaban J connectivity index is 2.16. The third-order valence-electron chi connectivity index (χ3n) is 2.32. The highest BCUT2D eigenvalue weighted by Gasteiger charge is 2.04. The van der Waals surface area contributed by atoms with Gasteiger partial charge in [-0.05, 0) is 25.0 Å². The highest BCUT2D eigenvalue weighted by atomic mass is 16.5. The number of ether oxygens (including phenoxy) is 1.